The van der Waals surface area contributed by atoms with Gasteiger partial charge in [0.1, 0.15) is 17.1 Å². The first-order chi connectivity index (χ1) is 11.5. The van der Waals surface area contributed by atoms with Gasteiger partial charge in [-0.05, 0) is 41.4 Å². The standard InChI is InChI=1S/C16H19ClIN5O/c1-21-2-3-22(8-13(21)24)6-10-4-11(5-10)23-7-12(18)14-15(17)19-9-20-16(14)23/h7,9-11H,2-6,8H2,1H3/t10-,11+. The minimum Gasteiger partial charge on any atom is -0.343 e. The van der Waals surface area contributed by atoms with Gasteiger partial charge in [-0.1, -0.05) is 11.6 Å². The van der Waals surface area contributed by atoms with Crippen LogP contribution in [-0.2, 0) is 4.79 Å². The highest BCUT2D eigenvalue weighted by Gasteiger charge is 2.34. The van der Waals surface area contributed by atoms with Crippen molar-refractivity contribution in [2.75, 3.05) is 33.2 Å². The lowest BCUT2D eigenvalue weighted by molar-refractivity contribution is -0.134. The molecule has 2 fully saturated rings. The molecule has 6 nitrogen and oxygen atoms in total. The second-order valence-electron chi connectivity index (χ2n) is 6.79. The third-order valence-electron chi connectivity index (χ3n) is 5.17. The van der Waals surface area contributed by atoms with E-state index in [9.17, 15) is 4.79 Å². The molecule has 0 N–H and O–H groups in total. The van der Waals surface area contributed by atoms with Gasteiger partial charge in [0.05, 0.1) is 11.9 Å². The average Bonchev–Trinajstić information content (AvgIpc) is 2.84. The van der Waals surface area contributed by atoms with Crippen molar-refractivity contribution in [2.24, 2.45) is 5.92 Å². The fraction of sp³-hybridized carbons (Fsp3) is 0.562. The van der Waals surface area contributed by atoms with E-state index in [1.807, 2.05) is 11.9 Å². The Morgan fingerprint density at radius 1 is 1.33 bits per heavy atom. The number of rotatable bonds is 3. The Balaban J connectivity index is 1.41. The Bertz CT molecular complexity index is 788. The minimum absolute atomic E-state index is 0.231. The van der Waals surface area contributed by atoms with Crippen molar-refractivity contribution in [1.29, 1.82) is 0 Å². The van der Waals surface area contributed by atoms with E-state index >= 15 is 0 Å². The summed E-state index contributed by atoms with van der Waals surface area (Å²) in [7, 11) is 1.88. The first kappa shape index (κ1) is 16.5. The first-order valence-corrected chi connectivity index (χ1v) is 9.61. The minimum atomic E-state index is 0.231. The zero-order valence-corrected chi connectivity index (χ0v) is 16.4. The number of carbonyl (C=O) groups is 1. The summed E-state index contributed by atoms with van der Waals surface area (Å²) in [6.45, 7) is 3.40. The molecule has 1 saturated carbocycles. The predicted molar refractivity (Wildman–Crippen MR) is 101 cm³/mol. The molecular weight excluding hydrogens is 441 g/mol. The molecule has 1 amide bonds. The van der Waals surface area contributed by atoms with Crippen molar-refractivity contribution in [3.63, 3.8) is 0 Å². The maximum absolute atomic E-state index is 11.8. The molecule has 8 heteroatoms. The second-order valence-corrected chi connectivity index (χ2v) is 8.31. The van der Waals surface area contributed by atoms with Crippen LogP contribution in [0.2, 0.25) is 5.15 Å². The van der Waals surface area contributed by atoms with Crippen LogP contribution in [0.5, 0.6) is 0 Å². The number of hydrogen-bond donors (Lipinski definition) is 0. The quantitative estimate of drug-likeness (QED) is 0.523. The second kappa shape index (κ2) is 6.42. The molecule has 0 radical (unpaired) electrons. The summed E-state index contributed by atoms with van der Waals surface area (Å²) < 4.78 is 3.34. The van der Waals surface area contributed by atoms with E-state index in [1.165, 1.54) is 6.33 Å². The van der Waals surface area contributed by atoms with Crippen LogP contribution in [0.25, 0.3) is 11.0 Å². The molecule has 0 aromatic carbocycles. The molecule has 24 heavy (non-hydrogen) atoms. The smallest absolute Gasteiger partial charge is 0.236 e. The zero-order valence-electron chi connectivity index (χ0n) is 13.5. The third-order valence-corrected chi connectivity index (χ3v) is 6.28. The Labute approximate surface area is 159 Å². The highest BCUT2D eigenvalue weighted by atomic mass is 127. The summed E-state index contributed by atoms with van der Waals surface area (Å²) in [5.41, 5.74) is 0.928. The van der Waals surface area contributed by atoms with Crippen LogP contribution in [0.4, 0.5) is 0 Å². The molecule has 128 valence electrons. The molecule has 0 bridgehead atoms. The largest absolute Gasteiger partial charge is 0.343 e. The number of amides is 1. The SMILES string of the molecule is CN1CCN(C[C@H]2C[C@@H](n3cc(I)c4c(Cl)ncnc43)C2)CC1=O. The van der Waals surface area contributed by atoms with Gasteiger partial charge in [-0.2, -0.15) is 0 Å². The van der Waals surface area contributed by atoms with Crippen molar-refractivity contribution in [3.05, 3.63) is 21.2 Å². The maximum atomic E-state index is 11.8. The summed E-state index contributed by atoms with van der Waals surface area (Å²) in [4.78, 5) is 24.4. The van der Waals surface area contributed by atoms with E-state index in [0.717, 1.165) is 47.1 Å². The lowest BCUT2D eigenvalue weighted by Gasteiger charge is -2.41. The highest BCUT2D eigenvalue weighted by Crippen LogP contribution is 2.41. The summed E-state index contributed by atoms with van der Waals surface area (Å²) in [5, 5.41) is 1.47. The van der Waals surface area contributed by atoms with Crippen LogP contribution in [0, 0.1) is 9.49 Å². The van der Waals surface area contributed by atoms with Crippen LogP contribution in [0.1, 0.15) is 18.9 Å². The van der Waals surface area contributed by atoms with Crippen LogP contribution in [0.15, 0.2) is 12.5 Å². The van der Waals surface area contributed by atoms with Crippen LogP contribution >= 0.6 is 34.2 Å². The van der Waals surface area contributed by atoms with Crippen LogP contribution in [-0.4, -0.2) is 63.5 Å². The Morgan fingerprint density at radius 2 is 2.12 bits per heavy atom. The monoisotopic (exact) mass is 459 g/mol. The molecule has 4 rings (SSSR count). The molecule has 1 aliphatic heterocycles. The summed E-state index contributed by atoms with van der Waals surface area (Å²) in [6, 6.07) is 0.468. The summed E-state index contributed by atoms with van der Waals surface area (Å²) >= 11 is 8.51. The molecule has 1 aliphatic carbocycles. The van der Waals surface area contributed by atoms with Crippen molar-refractivity contribution in [1.82, 2.24) is 24.3 Å². The lowest BCUT2D eigenvalue weighted by Crippen LogP contribution is -2.50. The third kappa shape index (κ3) is 2.90. The number of hydrogen-bond acceptors (Lipinski definition) is 4. The summed E-state index contributed by atoms with van der Waals surface area (Å²) in [6.07, 6.45) is 5.92. The molecule has 3 heterocycles. The normalized spacial score (nSPS) is 25.3. The zero-order chi connectivity index (χ0) is 16.8. The molecular formula is C16H19ClIN5O. The van der Waals surface area contributed by atoms with E-state index in [0.29, 0.717) is 23.7 Å². The van der Waals surface area contributed by atoms with E-state index in [-0.39, 0.29) is 5.91 Å². The molecule has 2 aromatic rings. The highest BCUT2D eigenvalue weighted by molar-refractivity contribution is 14.1. The van der Waals surface area contributed by atoms with Crippen molar-refractivity contribution < 1.29 is 4.79 Å². The number of aromatic nitrogens is 3. The van der Waals surface area contributed by atoms with E-state index in [1.54, 1.807) is 0 Å². The van der Waals surface area contributed by atoms with E-state index in [4.69, 9.17) is 11.6 Å². The van der Waals surface area contributed by atoms with Gasteiger partial charge in [-0.15, -0.1) is 0 Å². The Kier molecular flexibility index (Phi) is 4.42. The number of piperazine rings is 1. The van der Waals surface area contributed by atoms with Crippen molar-refractivity contribution in [3.8, 4) is 0 Å². The fourth-order valence-electron chi connectivity index (χ4n) is 3.69. The lowest BCUT2D eigenvalue weighted by atomic mass is 9.79. The number of likely N-dealkylation sites (N-methyl/N-ethyl adjacent to an activating group) is 1. The van der Waals surface area contributed by atoms with E-state index in [2.05, 4.69) is 48.2 Å². The van der Waals surface area contributed by atoms with Gasteiger partial charge in [0.25, 0.3) is 0 Å². The van der Waals surface area contributed by atoms with Gasteiger partial charge in [-0.3, -0.25) is 9.69 Å². The van der Waals surface area contributed by atoms with Gasteiger partial charge < -0.3 is 9.47 Å². The predicted octanol–water partition coefficient (Wildman–Crippen LogP) is 2.41. The number of nitrogens with zero attached hydrogens (tertiary/aromatic N) is 5. The number of carbonyl (C=O) groups excluding carboxylic acids is 1. The summed E-state index contributed by atoms with van der Waals surface area (Å²) in [5.74, 6) is 0.882. The Hall–Kier alpha value is -0.930. The van der Waals surface area contributed by atoms with Crippen molar-refractivity contribution in [2.45, 2.75) is 18.9 Å². The van der Waals surface area contributed by atoms with Crippen LogP contribution in [0.3, 0.4) is 0 Å². The molecule has 0 spiro atoms. The molecule has 0 atom stereocenters. The first-order valence-electron chi connectivity index (χ1n) is 8.15. The average molecular weight is 460 g/mol. The topological polar surface area (TPSA) is 54.3 Å². The van der Waals surface area contributed by atoms with Crippen molar-refractivity contribution >= 4 is 51.1 Å². The van der Waals surface area contributed by atoms with Gasteiger partial charge in [0.2, 0.25) is 5.91 Å². The van der Waals surface area contributed by atoms with Crippen LogP contribution < -0.4 is 0 Å². The molecule has 2 aliphatic rings. The van der Waals surface area contributed by atoms with Gasteiger partial charge in [-0.25, -0.2) is 9.97 Å². The molecule has 0 unspecified atom stereocenters. The maximum Gasteiger partial charge on any atom is 0.236 e. The van der Waals surface area contributed by atoms with Gasteiger partial charge in [0.15, 0.2) is 0 Å². The molecule has 2 aromatic heterocycles. The van der Waals surface area contributed by atoms with E-state index < -0.39 is 0 Å². The Morgan fingerprint density at radius 3 is 2.88 bits per heavy atom. The van der Waals surface area contributed by atoms with Gasteiger partial charge >= 0.3 is 0 Å². The number of fused-ring (bicyclic) bond motifs is 1. The number of halogens is 2. The van der Waals surface area contributed by atoms with Gasteiger partial charge in [0, 0.05) is 42.5 Å². The molecule has 1 saturated heterocycles. The fourth-order valence-corrected chi connectivity index (χ4v) is 4.87.